The van der Waals surface area contributed by atoms with E-state index in [-0.39, 0.29) is 11.7 Å². The fourth-order valence-corrected chi connectivity index (χ4v) is 2.03. The summed E-state index contributed by atoms with van der Waals surface area (Å²) in [5.41, 5.74) is 1.16. The molecular weight excluding hydrogens is 299 g/mol. The number of aromatic nitrogens is 1. The minimum Gasteiger partial charge on any atom is -0.358 e. The molecule has 0 unspecified atom stereocenters. The number of carbonyl (C=O) groups is 1. The Morgan fingerprint density at radius 3 is 2.67 bits per heavy atom. The van der Waals surface area contributed by atoms with E-state index in [1.54, 1.807) is 18.3 Å². The van der Waals surface area contributed by atoms with Crippen LogP contribution in [0.1, 0.15) is 15.9 Å². The van der Waals surface area contributed by atoms with E-state index in [1.165, 1.54) is 31.3 Å². The van der Waals surface area contributed by atoms with Crippen LogP contribution in [-0.4, -0.2) is 19.3 Å². The Morgan fingerprint density at radius 2 is 2.10 bits per heavy atom. The van der Waals surface area contributed by atoms with Crippen LogP contribution in [0.25, 0.3) is 0 Å². The number of amides is 1. The number of nitrogens with zero attached hydrogens (tertiary/aromatic N) is 1. The standard InChI is InChI=1S/C13H11FN2O4S/c1-9-7-11(4-5-12(9)20-21(14,18)19)16-13(17)10-3-2-6-15-8-10/h2-8H,1H3,(H,16,17). The first-order valence-electron chi connectivity index (χ1n) is 5.81. The highest BCUT2D eigenvalue weighted by Crippen LogP contribution is 2.24. The Morgan fingerprint density at radius 1 is 1.33 bits per heavy atom. The molecule has 1 amide bonds. The van der Waals surface area contributed by atoms with Crippen molar-refractivity contribution in [1.82, 2.24) is 4.98 Å². The van der Waals surface area contributed by atoms with Crippen LogP contribution in [0.3, 0.4) is 0 Å². The maximum absolute atomic E-state index is 12.5. The van der Waals surface area contributed by atoms with Gasteiger partial charge in [-0.15, -0.1) is 0 Å². The normalized spacial score (nSPS) is 11.0. The zero-order valence-corrected chi connectivity index (χ0v) is 11.7. The van der Waals surface area contributed by atoms with Crippen molar-refractivity contribution in [3.8, 4) is 5.75 Å². The number of carbonyl (C=O) groups excluding carboxylic acids is 1. The lowest BCUT2D eigenvalue weighted by Crippen LogP contribution is -2.12. The summed E-state index contributed by atoms with van der Waals surface area (Å²) >= 11 is 0. The molecule has 0 saturated carbocycles. The van der Waals surface area contributed by atoms with Crippen molar-refractivity contribution in [3.05, 3.63) is 53.9 Å². The fourth-order valence-electron chi connectivity index (χ4n) is 1.63. The minimum atomic E-state index is -5.07. The molecule has 0 saturated heterocycles. The zero-order chi connectivity index (χ0) is 15.5. The Kier molecular flexibility index (Phi) is 4.18. The molecule has 2 aromatic rings. The molecule has 0 spiro atoms. The molecule has 6 nitrogen and oxygen atoms in total. The van der Waals surface area contributed by atoms with Gasteiger partial charge < -0.3 is 9.50 Å². The number of pyridine rings is 1. The van der Waals surface area contributed by atoms with Gasteiger partial charge in [-0.2, -0.15) is 8.42 Å². The number of benzene rings is 1. The molecule has 0 radical (unpaired) electrons. The van der Waals surface area contributed by atoms with Crippen LogP contribution in [0.15, 0.2) is 42.7 Å². The van der Waals surface area contributed by atoms with E-state index in [0.717, 1.165) is 0 Å². The first kappa shape index (κ1) is 14.9. The van der Waals surface area contributed by atoms with Crippen molar-refractivity contribution < 1.29 is 21.3 Å². The molecule has 0 fully saturated rings. The highest BCUT2D eigenvalue weighted by molar-refractivity contribution is 7.81. The summed E-state index contributed by atoms with van der Waals surface area (Å²) in [5, 5.41) is 2.61. The highest BCUT2D eigenvalue weighted by atomic mass is 32.3. The largest absolute Gasteiger partial charge is 0.488 e. The third-order valence-electron chi connectivity index (χ3n) is 2.55. The van der Waals surface area contributed by atoms with Gasteiger partial charge in [-0.05, 0) is 42.8 Å². The predicted molar refractivity (Wildman–Crippen MR) is 74.0 cm³/mol. The van der Waals surface area contributed by atoms with Crippen molar-refractivity contribution in [2.75, 3.05) is 5.32 Å². The van der Waals surface area contributed by atoms with Crippen LogP contribution < -0.4 is 9.50 Å². The molecular formula is C13H11FN2O4S. The van der Waals surface area contributed by atoms with Crippen molar-refractivity contribution in [1.29, 1.82) is 0 Å². The van der Waals surface area contributed by atoms with E-state index in [0.29, 0.717) is 16.8 Å². The maximum Gasteiger partial charge on any atom is 0.488 e. The summed E-state index contributed by atoms with van der Waals surface area (Å²) in [6, 6.07) is 7.35. The summed E-state index contributed by atoms with van der Waals surface area (Å²) in [5.74, 6) is -0.508. The molecule has 110 valence electrons. The molecule has 1 aromatic heterocycles. The molecule has 2 rings (SSSR count). The van der Waals surface area contributed by atoms with Gasteiger partial charge in [-0.3, -0.25) is 9.78 Å². The Labute approximate surface area is 121 Å². The molecule has 0 aliphatic carbocycles. The summed E-state index contributed by atoms with van der Waals surface area (Å²) in [6.45, 7) is 1.53. The summed E-state index contributed by atoms with van der Waals surface area (Å²) in [6.07, 6.45) is 2.96. The van der Waals surface area contributed by atoms with Crippen LogP contribution >= 0.6 is 0 Å². The van der Waals surface area contributed by atoms with Gasteiger partial charge in [0.25, 0.3) is 5.91 Å². The van der Waals surface area contributed by atoms with E-state index < -0.39 is 10.5 Å². The van der Waals surface area contributed by atoms with Crippen LogP contribution in [0.4, 0.5) is 9.57 Å². The van der Waals surface area contributed by atoms with E-state index in [1.807, 2.05) is 0 Å². The SMILES string of the molecule is Cc1cc(NC(=O)c2cccnc2)ccc1OS(=O)(=O)F. The number of anilines is 1. The smallest absolute Gasteiger partial charge is 0.358 e. The summed E-state index contributed by atoms with van der Waals surface area (Å²) in [7, 11) is -5.07. The second-order valence-electron chi connectivity index (χ2n) is 4.15. The Hall–Kier alpha value is -2.48. The van der Waals surface area contributed by atoms with Crippen molar-refractivity contribution in [2.45, 2.75) is 6.92 Å². The van der Waals surface area contributed by atoms with Gasteiger partial charge in [0.2, 0.25) is 0 Å². The molecule has 0 aliphatic heterocycles. The molecule has 0 bridgehead atoms. The lowest BCUT2D eigenvalue weighted by molar-refractivity contribution is 0.102. The number of halogens is 1. The van der Waals surface area contributed by atoms with Gasteiger partial charge in [0.1, 0.15) is 5.75 Å². The van der Waals surface area contributed by atoms with Crippen molar-refractivity contribution >= 4 is 22.1 Å². The average molecular weight is 310 g/mol. The average Bonchev–Trinajstić information content (AvgIpc) is 2.41. The van der Waals surface area contributed by atoms with Crippen molar-refractivity contribution in [3.63, 3.8) is 0 Å². The summed E-state index contributed by atoms with van der Waals surface area (Å²) < 4.78 is 37.5. The number of aryl methyl sites for hydroxylation is 1. The van der Waals surface area contributed by atoms with E-state index in [2.05, 4.69) is 14.5 Å². The first-order valence-corrected chi connectivity index (χ1v) is 7.12. The van der Waals surface area contributed by atoms with Crippen molar-refractivity contribution in [2.24, 2.45) is 0 Å². The molecule has 1 heterocycles. The van der Waals surface area contributed by atoms with Gasteiger partial charge in [0.15, 0.2) is 0 Å². The zero-order valence-electron chi connectivity index (χ0n) is 10.9. The van der Waals surface area contributed by atoms with Crippen LogP contribution in [0.5, 0.6) is 5.75 Å². The molecule has 21 heavy (non-hydrogen) atoms. The van der Waals surface area contributed by atoms with Crippen LogP contribution in [0, 0.1) is 6.92 Å². The molecule has 1 aromatic carbocycles. The molecule has 8 heteroatoms. The van der Waals surface area contributed by atoms with E-state index in [9.17, 15) is 17.1 Å². The number of hydrogen-bond donors (Lipinski definition) is 1. The fraction of sp³-hybridized carbons (Fsp3) is 0.0769. The van der Waals surface area contributed by atoms with Gasteiger partial charge in [0.05, 0.1) is 5.56 Å². The topological polar surface area (TPSA) is 85.4 Å². The van der Waals surface area contributed by atoms with E-state index in [4.69, 9.17) is 0 Å². The lowest BCUT2D eigenvalue weighted by Gasteiger charge is -2.08. The third kappa shape index (κ3) is 4.25. The van der Waals surface area contributed by atoms with Gasteiger partial charge in [0, 0.05) is 18.1 Å². The third-order valence-corrected chi connectivity index (χ3v) is 2.92. The van der Waals surface area contributed by atoms with E-state index >= 15 is 0 Å². The molecule has 0 aliphatic rings. The second-order valence-corrected chi connectivity index (χ2v) is 5.11. The highest BCUT2D eigenvalue weighted by Gasteiger charge is 2.13. The van der Waals surface area contributed by atoms with Gasteiger partial charge in [-0.25, -0.2) is 0 Å². The lowest BCUT2D eigenvalue weighted by atomic mass is 10.2. The Balaban J connectivity index is 2.16. The molecule has 1 N–H and O–H groups in total. The monoisotopic (exact) mass is 310 g/mol. The number of rotatable bonds is 4. The van der Waals surface area contributed by atoms with Gasteiger partial charge >= 0.3 is 10.5 Å². The first-order chi connectivity index (χ1) is 9.85. The quantitative estimate of drug-likeness (QED) is 0.875. The van der Waals surface area contributed by atoms with Crippen LogP contribution in [-0.2, 0) is 10.5 Å². The summed E-state index contributed by atoms with van der Waals surface area (Å²) in [4.78, 5) is 15.7. The predicted octanol–water partition coefficient (Wildman–Crippen LogP) is 2.24. The second kappa shape index (κ2) is 5.88. The minimum absolute atomic E-state index is 0.142. The van der Waals surface area contributed by atoms with Gasteiger partial charge in [-0.1, -0.05) is 3.89 Å². The van der Waals surface area contributed by atoms with Crippen LogP contribution in [0.2, 0.25) is 0 Å². The Bertz CT molecular complexity index is 763. The molecule has 0 atom stereocenters. The number of nitrogens with one attached hydrogen (secondary N) is 1. The number of hydrogen-bond acceptors (Lipinski definition) is 5. The maximum atomic E-state index is 12.5.